The molecule has 0 fully saturated rings. The van der Waals surface area contributed by atoms with Crippen LogP contribution in [0.25, 0.3) is 0 Å². The Morgan fingerprint density at radius 3 is 2.60 bits per heavy atom. The first-order valence-corrected chi connectivity index (χ1v) is 9.13. The molecule has 0 bridgehead atoms. The lowest BCUT2D eigenvalue weighted by atomic mass is 10.00. The number of nitrogens with one attached hydrogen (secondary N) is 1. The molecule has 0 spiro atoms. The summed E-state index contributed by atoms with van der Waals surface area (Å²) in [5.41, 5.74) is 0. The smallest absolute Gasteiger partial charge is 0.211 e. The zero-order chi connectivity index (χ0) is 15.2. The summed E-state index contributed by atoms with van der Waals surface area (Å²) >= 11 is 3.09. The van der Waals surface area contributed by atoms with Crippen molar-refractivity contribution >= 4 is 26.0 Å². The van der Waals surface area contributed by atoms with E-state index in [0.717, 1.165) is 37.8 Å². The van der Waals surface area contributed by atoms with Gasteiger partial charge in [0.1, 0.15) is 5.82 Å². The van der Waals surface area contributed by atoms with E-state index in [2.05, 4.69) is 34.5 Å². The van der Waals surface area contributed by atoms with Gasteiger partial charge in [-0.2, -0.15) is 0 Å². The maximum absolute atomic E-state index is 13.0. The fraction of sp³-hybridized carbons (Fsp3) is 0.571. The van der Waals surface area contributed by atoms with Gasteiger partial charge >= 0.3 is 0 Å². The number of unbranched alkanes of at least 4 members (excludes halogenated alkanes) is 1. The highest BCUT2D eigenvalue weighted by Crippen LogP contribution is 2.23. The van der Waals surface area contributed by atoms with Gasteiger partial charge in [-0.05, 0) is 46.5 Å². The van der Waals surface area contributed by atoms with Crippen LogP contribution in [0, 0.1) is 11.7 Å². The lowest BCUT2D eigenvalue weighted by Gasteiger charge is -2.16. The van der Waals surface area contributed by atoms with Crippen molar-refractivity contribution in [3.05, 3.63) is 28.5 Å². The van der Waals surface area contributed by atoms with Crippen LogP contribution in [0.2, 0.25) is 0 Å². The summed E-state index contributed by atoms with van der Waals surface area (Å²) in [4.78, 5) is 0.0734. The molecular formula is C14H21BrFNO2S. The van der Waals surface area contributed by atoms with Crippen LogP contribution in [0.4, 0.5) is 4.39 Å². The molecule has 0 aromatic heterocycles. The topological polar surface area (TPSA) is 46.2 Å². The van der Waals surface area contributed by atoms with E-state index >= 15 is 0 Å². The lowest BCUT2D eigenvalue weighted by Crippen LogP contribution is -2.29. The highest BCUT2D eigenvalue weighted by molar-refractivity contribution is 9.10. The number of sulfonamides is 1. The second kappa shape index (κ2) is 8.10. The molecule has 3 nitrogen and oxygen atoms in total. The summed E-state index contributed by atoms with van der Waals surface area (Å²) in [6.45, 7) is 4.59. The van der Waals surface area contributed by atoms with Crippen molar-refractivity contribution < 1.29 is 12.8 Å². The Morgan fingerprint density at radius 1 is 1.35 bits per heavy atom. The van der Waals surface area contributed by atoms with Gasteiger partial charge in [0.2, 0.25) is 10.0 Å². The molecule has 0 radical (unpaired) electrons. The summed E-state index contributed by atoms with van der Waals surface area (Å²) in [6.07, 6.45) is 4.15. The third kappa shape index (κ3) is 5.14. The average Bonchev–Trinajstić information content (AvgIpc) is 2.38. The van der Waals surface area contributed by atoms with Crippen LogP contribution in [0.15, 0.2) is 27.6 Å². The molecule has 20 heavy (non-hydrogen) atoms. The summed E-state index contributed by atoms with van der Waals surface area (Å²) in [5, 5.41) is 0. The Hall–Kier alpha value is -0.460. The van der Waals surface area contributed by atoms with E-state index in [1.165, 1.54) is 6.07 Å². The fourth-order valence-corrected chi connectivity index (χ4v) is 4.11. The van der Waals surface area contributed by atoms with Crippen LogP contribution in [-0.4, -0.2) is 15.0 Å². The zero-order valence-electron chi connectivity index (χ0n) is 11.8. The predicted octanol–water partition coefficient (Wildman–Crippen LogP) is 4.08. The molecule has 1 N–H and O–H groups in total. The predicted molar refractivity (Wildman–Crippen MR) is 82.6 cm³/mol. The molecule has 0 amide bonds. The van der Waals surface area contributed by atoms with Gasteiger partial charge in [-0.3, -0.25) is 0 Å². The summed E-state index contributed by atoms with van der Waals surface area (Å²) < 4.78 is 40.2. The Morgan fingerprint density at radius 2 is 2.05 bits per heavy atom. The Balaban J connectivity index is 2.74. The molecule has 0 aliphatic rings. The molecule has 0 aliphatic heterocycles. The highest BCUT2D eigenvalue weighted by Gasteiger charge is 2.19. The van der Waals surface area contributed by atoms with Gasteiger partial charge in [-0.15, -0.1) is 0 Å². The second-order valence-electron chi connectivity index (χ2n) is 4.84. The molecule has 114 valence electrons. The average molecular weight is 366 g/mol. The third-order valence-electron chi connectivity index (χ3n) is 3.29. The van der Waals surface area contributed by atoms with Crippen molar-refractivity contribution in [2.24, 2.45) is 5.92 Å². The lowest BCUT2D eigenvalue weighted by molar-refractivity contribution is 0.443. The van der Waals surface area contributed by atoms with E-state index in [0.29, 0.717) is 12.5 Å². The van der Waals surface area contributed by atoms with Crippen molar-refractivity contribution in [2.75, 3.05) is 6.54 Å². The monoisotopic (exact) mass is 365 g/mol. The van der Waals surface area contributed by atoms with Gasteiger partial charge in [0.15, 0.2) is 0 Å². The molecule has 0 saturated carbocycles. The normalized spacial score (nSPS) is 13.4. The van der Waals surface area contributed by atoms with E-state index in [-0.39, 0.29) is 9.37 Å². The van der Waals surface area contributed by atoms with Gasteiger partial charge < -0.3 is 0 Å². The van der Waals surface area contributed by atoms with Crippen molar-refractivity contribution in [2.45, 2.75) is 44.4 Å². The van der Waals surface area contributed by atoms with Crippen molar-refractivity contribution in [3.8, 4) is 0 Å². The van der Waals surface area contributed by atoms with Crippen LogP contribution < -0.4 is 4.72 Å². The summed E-state index contributed by atoms with van der Waals surface area (Å²) in [7, 11) is -3.60. The molecular weight excluding hydrogens is 345 g/mol. The second-order valence-corrected chi connectivity index (χ2v) is 7.43. The quantitative estimate of drug-likeness (QED) is 0.754. The van der Waals surface area contributed by atoms with Crippen LogP contribution in [-0.2, 0) is 10.0 Å². The number of hydrogen-bond donors (Lipinski definition) is 1. The molecule has 0 heterocycles. The zero-order valence-corrected chi connectivity index (χ0v) is 14.2. The number of halogens is 2. The minimum atomic E-state index is -3.60. The molecule has 0 aliphatic carbocycles. The Bertz CT molecular complexity index is 534. The van der Waals surface area contributed by atoms with Crippen molar-refractivity contribution in [1.29, 1.82) is 0 Å². The molecule has 1 rings (SSSR count). The Kier molecular flexibility index (Phi) is 7.12. The third-order valence-corrected chi connectivity index (χ3v) is 5.69. The minimum Gasteiger partial charge on any atom is -0.211 e. The maximum atomic E-state index is 13.0. The molecule has 1 aromatic carbocycles. The van der Waals surface area contributed by atoms with Crippen LogP contribution in [0.1, 0.15) is 39.5 Å². The van der Waals surface area contributed by atoms with Crippen LogP contribution >= 0.6 is 15.9 Å². The number of rotatable bonds is 8. The van der Waals surface area contributed by atoms with Gasteiger partial charge in [-0.1, -0.05) is 33.1 Å². The van der Waals surface area contributed by atoms with E-state index in [4.69, 9.17) is 0 Å². The summed E-state index contributed by atoms with van der Waals surface area (Å²) in [5.74, 6) is -0.130. The molecule has 1 atom stereocenters. The SMILES string of the molecule is CCCCC(CC)CNS(=O)(=O)c1ccc(F)cc1Br. The largest absolute Gasteiger partial charge is 0.241 e. The molecule has 1 aromatic rings. The first kappa shape index (κ1) is 17.6. The summed E-state index contributed by atoms with van der Waals surface area (Å²) in [6, 6.07) is 3.57. The standard InChI is InChI=1S/C14H21BrFNO2S/c1-3-5-6-11(4-2)10-17-20(18,19)14-8-7-12(16)9-13(14)15/h7-9,11,17H,3-6,10H2,1-2H3. The van der Waals surface area contributed by atoms with Gasteiger partial charge in [0.25, 0.3) is 0 Å². The Labute approximate surface area is 129 Å². The van der Waals surface area contributed by atoms with Gasteiger partial charge in [0, 0.05) is 11.0 Å². The van der Waals surface area contributed by atoms with E-state index in [1.54, 1.807) is 0 Å². The van der Waals surface area contributed by atoms with Crippen LogP contribution in [0.3, 0.4) is 0 Å². The van der Waals surface area contributed by atoms with Crippen LogP contribution in [0.5, 0.6) is 0 Å². The van der Waals surface area contributed by atoms with E-state index < -0.39 is 15.8 Å². The molecule has 0 saturated heterocycles. The number of benzene rings is 1. The first-order valence-electron chi connectivity index (χ1n) is 6.85. The van der Waals surface area contributed by atoms with Gasteiger partial charge in [-0.25, -0.2) is 17.5 Å². The first-order chi connectivity index (χ1) is 9.40. The van der Waals surface area contributed by atoms with Crippen molar-refractivity contribution in [3.63, 3.8) is 0 Å². The minimum absolute atomic E-state index is 0.0734. The fourth-order valence-electron chi connectivity index (χ4n) is 1.94. The number of hydrogen-bond acceptors (Lipinski definition) is 2. The van der Waals surface area contributed by atoms with Crippen molar-refractivity contribution in [1.82, 2.24) is 4.72 Å². The van der Waals surface area contributed by atoms with E-state index in [9.17, 15) is 12.8 Å². The molecule has 6 heteroatoms. The highest BCUT2D eigenvalue weighted by atomic mass is 79.9. The molecule has 1 unspecified atom stereocenters. The maximum Gasteiger partial charge on any atom is 0.241 e. The van der Waals surface area contributed by atoms with E-state index in [1.807, 2.05) is 0 Å². The van der Waals surface area contributed by atoms with Gasteiger partial charge in [0.05, 0.1) is 4.90 Å².